The third-order valence-electron chi connectivity index (χ3n) is 22.3. The van der Waals surface area contributed by atoms with Crippen LogP contribution in [0.25, 0.3) is 66.4 Å². The van der Waals surface area contributed by atoms with E-state index in [2.05, 4.69) is 275 Å². The molecule has 4 aliphatic heterocycles. The largest absolute Gasteiger partial charge is 0.493 e. The van der Waals surface area contributed by atoms with Crippen LogP contribution < -0.4 is 45.3 Å². The first kappa shape index (κ1) is 53.9. The Balaban J connectivity index is 0.892. The molecule has 0 spiro atoms. The van der Waals surface area contributed by atoms with Crippen molar-refractivity contribution in [3.8, 4) is 62.0 Å². The molecule has 0 unspecified atom stereocenters. The average molecular weight is 1220 g/mol. The van der Waals surface area contributed by atoms with Crippen molar-refractivity contribution in [1.82, 2.24) is 0 Å². The van der Waals surface area contributed by atoms with Crippen LogP contribution in [0.1, 0.15) is 86.9 Å². The zero-order chi connectivity index (χ0) is 62.7. The van der Waals surface area contributed by atoms with Gasteiger partial charge < -0.3 is 33.3 Å². The molecule has 5 heterocycles. The minimum absolute atomic E-state index is 0.223. The van der Waals surface area contributed by atoms with Crippen molar-refractivity contribution < 1.29 is 18.6 Å². The number of fused-ring (bicyclic) bond motifs is 17. The molecule has 0 saturated heterocycles. The van der Waals surface area contributed by atoms with Crippen molar-refractivity contribution in [3.63, 3.8) is 0 Å². The highest BCUT2D eigenvalue weighted by atomic mass is 16.6. The molecule has 0 N–H and O–H groups in total. The zero-order valence-electron chi connectivity index (χ0n) is 53.5. The molecule has 0 saturated carbocycles. The van der Waals surface area contributed by atoms with Crippen molar-refractivity contribution in [2.45, 2.75) is 70.6 Å². The third kappa shape index (κ3) is 7.51. The smallest absolute Gasteiger partial charge is 0.252 e. The molecular weight excluding hydrogens is 1150 g/mol. The van der Waals surface area contributed by atoms with Gasteiger partial charge in [0.25, 0.3) is 6.71 Å². The molecule has 0 bridgehead atoms. The van der Waals surface area contributed by atoms with Gasteiger partial charge in [0.1, 0.15) is 30.3 Å². The normalized spacial score (nSPS) is 16.2. The van der Waals surface area contributed by atoms with Crippen LogP contribution in [-0.4, -0.2) is 26.5 Å². The second-order valence-electron chi connectivity index (χ2n) is 28.5. The lowest BCUT2D eigenvalue weighted by molar-refractivity contribution is 0.172. The summed E-state index contributed by atoms with van der Waals surface area (Å²) in [5, 5.41) is 3.35. The SMILES string of the molecule is CC1(C)c2ccccc2-c2ccc(N(c3cc4c5c(c3)N(c3ccc6c(c3)C(C)(C)c3ccccc3-6)c3cc6c(cc3B5c3cc5c(cc3N4c3ccc4c(c3)CCCO4)OCCO5)-c3ccccc3C6(C)C)c3ccc4cc(-c5cc6ccccc6o5)ccc4c3)cc21. The summed E-state index contributed by atoms with van der Waals surface area (Å²) in [6.45, 7) is 15.9. The van der Waals surface area contributed by atoms with Gasteiger partial charge in [-0.1, -0.05) is 169 Å². The fourth-order valence-electron chi connectivity index (χ4n) is 17.6. The highest BCUT2D eigenvalue weighted by Gasteiger charge is 2.48. The lowest BCUT2D eigenvalue weighted by atomic mass is 9.33. The quantitative estimate of drug-likeness (QED) is 0.154. The van der Waals surface area contributed by atoms with Gasteiger partial charge in [0.2, 0.25) is 0 Å². The number of ether oxygens (including phenoxy) is 3. The van der Waals surface area contributed by atoms with Crippen LogP contribution >= 0.6 is 0 Å². The Morgan fingerprint density at radius 2 is 0.915 bits per heavy atom. The number of nitrogens with zero attached hydrogens (tertiary/aromatic N) is 3. The summed E-state index contributed by atoms with van der Waals surface area (Å²) in [5.41, 5.74) is 31.5. The Kier molecular flexibility index (Phi) is 11.0. The molecular formula is C86H66BN3O4. The van der Waals surface area contributed by atoms with E-state index >= 15 is 0 Å². The van der Waals surface area contributed by atoms with Crippen LogP contribution in [0.5, 0.6) is 17.2 Å². The Morgan fingerprint density at radius 1 is 0.372 bits per heavy atom. The van der Waals surface area contributed by atoms with E-state index in [1.807, 2.05) is 12.1 Å². The van der Waals surface area contributed by atoms with Gasteiger partial charge in [-0.25, -0.2) is 0 Å². The molecule has 20 rings (SSSR count). The summed E-state index contributed by atoms with van der Waals surface area (Å²) in [7, 11) is 0. The van der Waals surface area contributed by atoms with Gasteiger partial charge >= 0.3 is 0 Å². The molecule has 94 heavy (non-hydrogen) atoms. The molecule has 0 fully saturated rings. The van der Waals surface area contributed by atoms with E-state index in [4.69, 9.17) is 18.6 Å². The molecule has 7 aliphatic rings. The second-order valence-corrected chi connectivity index (χ2v) is 28.5. The Morgan fingerprint density at radius 3 is 1.64 bits per heavy atom. The molecule has 0 atom stereocenters. The number of anilines is 9. The van der Waals surface area contributed by atoms with E-state index in [-0.39, 0.29) is 23.0 Å². The van der Waals surface area contributed by atoms with E-state index in [1.165, 1.54) is 94.4 Å². The van der Waals surface area contributed by atoms with Crippen molar-refractivity contribution >= 4 is 96.0 Å². The van der Waals surface area contributed by atoms with Gasteiger partial charge in [0.05, 0.1) is 12.3 Å². The molecule has 8 heteroatoms. The monoisotopic (exact) mass is 1220 g/mol. The fourth-order valence-corrected chi connectivity index (χ4v) is 17.6. The predicted molar refractivity (Wildman–Crippen MR) is 385 cm³/mol. The Labute approximate surface area is 548 Å². The number of rotatable bonds is 6. The zero-order valence-corrected chi connectivity index (χ0v) is 53.5. The van der Waals surface area contributed by atoms with Crippen LogP contribution in [0.15, 0.2) is 235 Å². The molecule has 0 amide bonds. The fraction of sp³-hybridized carbons (Fsp3) is 0.163. The van der Waals surface area contributed by atoms with Gasteiger partial charge in [0.15, 0.2) is 11.5 Å². The van der Waals surface area contributed by atoms with Crippen molar-refractivity contribution in [2.24, 2.45) is 0 Å². The maximum atomic E-state index is 6.65. The van der Waals surface area contributed by atoms with Crippen LogP contribution in [-0.2, 0) is 22.7 Å². The van der Waals surface area contributed by atoms with Crippen molar-refractivity contribution in [1.29, 1.82) is 0 Å². The summed E-state index contributed by atoms with van der Waals surface area (Å²) in [6, 6.07) is 87.4. The predicted octanol–water partition coefficient (Wildman–Crippen LogP) is 19.8. The summed E-state index contributed by atoms with van der Waals surface area (Å²) >= 11 is 0. The first-order valence-electron chi connectivity index (χ1n) is 33.4. The number of aryl methyl sites for hydroxylation is 1. The average Bonchev–Trinajstić information content (AvgIpc) is 0.718. The summed E-state index contributed by atoms with van der Waals surface area (Å²) in [6.07, 6.45) is 1.89. The molecule has 3 aliphatic carbocycles. The number of furan rings is 1. The summed E-state index contributed by atoms with van der Waals surface area (Å²) in [5.74, 6) is 3.34. The van der Waals surface area contributed by atoms with Crippen LogP contribution in [0.4, 0.5) is 51.2 Å². The third-order valence-corrected chi connectivity index (χ3v) is 22.3. The maximum absolute atomic E-state index is 6.65. The minimum Gasteiger partial charge on any atom is -0.493 e. The molecule has 13 aromatic rings. The van der Waals surface area contributed by atoms with Crippen LogP contribution in [0.2, 0.25) is 0 Å². The number of hydrogen-bond donors (Lipinski definition) is 0. The van der Waals surface area contributed by atoms with Crippen molar-refractivity contribution in [3.05, 3.63) is 269 Å². The van der Waals surface area contributed by atoms with E-state index in [0.717, 1.165) is 109 Å². The Hall–Kier alpha value is -10.7. The standard InChI is InChI=1S/C86H66BN3O4/c1-84(2)66-21-11-8-18-60(66)63-32-29-57(42-69(63)84)88(55-28-27-50-38-54(26-25-51(50)39-55)80-41-53-16-7-14-24-79(53)94-80)59-44-76-83-77(45-59)90(58-30-33-64-61-19-9-12-22-67(61)85(3,4)70(64)43-58)74-47-71-65(62-20-10-13-23-68(62)86(71,5)6)46-72(74)87(83)73-48-81-82(93-37-36-92-81)49-75(73)89(76)56-31-34-78-52(40-56)17-15-35-91-78/h7-14,16,18-34,38-49H,15,17,35-37H2,1-6H3. The van der Waals surface area contributed by atoms with Gasteiger partial charge in [-0.15, -0.1) is 0 Å². The van der Waals surface area contributed by atoms with Crippen LogP contribution in [0, 0.1) is 0 Å². The number of hydrogen-bond acceptors (Lipinski definition) is 7. The molecule has 452 valence electrons. The van der Waals surface area contributed by atoms with Gasteiger partial charge in [0, 0.05) is 78.8 Å². The molecule has 0 radical (unpaired) electrons. The van der Waals surface area contributed by atoms with E-state index in [0.29, 0.717) is 19.8 Å². The van der Waals surface area contributed by atoms with E-state index in [9.17, 15) is 0 Å². The summed E-state index contributed by atoms with van der Waals surface area (Å²) < 4.78 is 26.2. The minimum atomic E-state index is -0.274. The molecule has 7 nitrogen and oxygen atoms in total. The van der Waals surface area contributed by atoms with Gasteiger partial charge in [-0.2, -0.15) is 0 Å². The molecule has 12 aromatic carbocycles. The first-order valence-corrected chi connectivity index (χ1v) is 33.4. The van der Waals surface area contributed by atoms with Gasteiger partial charge in [-0.05, 0) is 209 Å². The lowest BCUT2D eigenvalue weighted by Crippen LogP contribution is -2.61. The van der Waals surface area contributed by atoms with E-state index < -0.39 is 0 Å². The molecule has 1 aromatic heterocycles. The van der Waals surface area contributed by atoms with Crippen LogP contribution in [0.3, 0.4) is 0 Å². The maximum Gasteiger partial charge on any atom is 0.252 e. The topological polar surface area (TPSA) is 50.6 Å². The van der Waals surface area contributed by atoms with Gasteiger partial charge in [-0.3, -0.25) is 0 Å². The highest BCUT2D eigenvalue weighted by Crippen LogP contribution is 2.58. The highest BCUT2D eigenvalue weighted by molar-refractivity contribution is 7.00. The lowest BCUT2D eigenvalue weighted by Gasteiger charge is -2.46. The van der Waals surface area contributed by atoms with E-state index in [1.54, 1.807) is 0 Å². The summed E-state index contributed by atoms with van der Waals surface area (Å²) in [4.78, 5) is 7.73. The number of para-hydroxylation sites is 1. The number of benzene rings is 12. The second kappa shape index (κ2) is 19.2. The Bertz CT molecular complexity index is 5470. The van der Waals surface area contributed by atoms with Crippen molar-refractivity contribution in [2.75, 3.05) is 34.5 Å². The first-order chi connectivity index (χ1) is 45.8.